The molecule has 0 aromatic heterocycles. The van der Waals surface area contributed by atoms with Gasteiger partial charge in [-0.15, -0.1) is 0 Å². The summed E-state index contributed by atoms with van der Waals surface area (Å²) in [6, 6.07) is 4.27. The minimum absolute atomic E-state index is 0.0714. The number of unbranched alkanes of at least 4 members (excludes halogenated alkanes) is 2. The molecular weight excluding hydrogens is 704 g/mol. The molecule has 1 fully saturated rings. The summed E-state index contributed by atoms with van der Waals surface area (Å²) in [4.78, 5) is 82.4. The van der Waals surface area contributed by atoms with Gasteiger partial charge in [-0.3, -0.25) is 28.9 Å². The number of carboxylic acid groups (broad SMARTS) is 1. The summed E-state index contributed by atoms with van der Waals surface area (Å²) in [7, 11) is 1.54. The number of hydrogen-bond acceptors (Lipinski definition) is 11. The third kappa shape index (κ3) is 17.5. The summed E-state index contributed by atoms with van der Waals surface area (Å²) in [5.41, 5.74) is 2.08. The van der Waals surface area contributed by atoms with Gasteiger partial charge < -0.3 is 45.5 Å². The van der Waals surface area contributed by atoms with Gasteiger partial charge in [-0.2, -0.15) is 0 Å². The molecule has 0 saturated carbocycles. The Morgan fingerprint density at radius 2 is 1.63 bits per heavy atom. The summed E-state index contributed by atoms with van der Waals surface area (Å²) in [6.07, 6.45) is 2.41. The Morgan fingerprint density at radius 3 is 2.20 bits per heavy atom. The first-order chi connectivity index (χ1) is 25.6. The zero-order valence-electron chi connectivity index (χ0n) is 32.2. The normalized spacial score (nSPS) is 19.5. The zero-order valence-corrected chi connectivity index (χ0v) is 32.2. The number of methoxy groups -OCH3 is 1. The van der Waals surface area contributed by atoms with E-state index in [-0.39, 0.29) is 56.2 Å². The minimum atomic E-state index is -1.53. The van der Waals surface area contributed by atoms with E-state index < -0.39 is 48.2 Å². The highest BCUT2D eigenvalue weighted by atomic mass is 16.5. The van der Waals surface area contributed by atoms with Crippen LogP contribution < -0.4 is 16.0 Å². The lowest BCUT2D eigenvalue weighted by Crippen LogP contribution is -2.51. The molecule has 1 saturated heterocycles. The number of nitrogens with one attached hydrogen (secondary N) is 3. The van der Waals surface area contributed by atoms with Crippen molar-refractivity contribution in [2.75, 3.05) is 25.5 Å². The van der Waals surface area contributed by atoms with Crippen LogP contribution in [0.5, 0.6) is 0 Å². The summed E-state index contributed by atoms with van der Waals surface area (Å²) in [5, 5.41) is 37.1. The highest BCUT2D eigenvalue weighted by Gasteiger charge is 2.40. The highest BCUT2D eigenvalue weighted by molar-refractivity contribution is 6.12. The smallest absolute Gasteiger partial charge is 0.335 e. The molecule has 4 unspecified atom stereocenters. The minimum Gasteiger partial charge on any atom is -0.479 e. The van der Waals surface area contributed by atoms with Gasteiger partial charge in [0, 0.05) is 50.3 Å². The molecule has 302 valence electrons. The number of ether oxygens (including phenoxy) is 2. The molecule has 16 nitrogen and oxygen atoms in total. The zero-order chi connectivity index (χ0) is 40.8. The summed E-state index contributed by atoms with van der Waals surface area (Å²) in [6.45, 7) is 9.71. The number of aliphatic hydroxyl groups is 2. The van der Waals surface area contributed by atoms with Gasteiger partial charge in [0.05, 0.1) is 25.4 Å². The number of aliphatic hydroxyl groups excluding tert-OH is 2. The molecule has 2 aliphatic heterocycles. The van der Waals surface area contributed by atoms with E-state index in [0.717, 1.165) is 22.3 Å². The molecule has 5 atom stereocenters. The van der Waals surface area contributed by atoms with Crippen LogP contribution in [0, 0.1) is 5.92 Å². The fraction of sp³-hybridized carbons (Fsp3) is 0.605. The number of benzene rings is 1. The second kappa shape index (κ2) is 25.5. The van der Waals surface area contributed by atoms with Gasteiger partial charge in [0.25, 0.3) is 11.8 Å². The number of amides is 5. The first-order valence-electron chi connectivity index (χ1n) is 18.3. The van der Waals surface area contributed by atoms with E-state index in [9.17, 15) is 48.9 Å². The van der Waals surface area contributed by atoms with Gasteiger partial charge in [0.15, 0.2) is 6.10 Å². The molecule has 5 amide bonds. The summed E-state index contributed by atoms with van der Waals surface area (Å²) >= 11 is 0. The number of imide groups is 1. The highest BCUT2D eigenvalue weighted by Crippen LogP contribution is 2.26. The van der Waals surface area contributed by atoms with E-state index in [2.05, 4.69) is 29.8 Å². The average Bonchev–Trinajstić information content (AvgIpc) is 3.44. The third-order valence-electron chi connectivity index (χ3n) is 7.98. The molecule has 16 heteroatoms. The van der Waals surface area contributed by atoms with Crippen LogP contribution in [0.25, 0.3) is 0 Å². The van der Waals surface area contributed by atoms with Crippen molar-refractivity contribution in [1.82, 2.24) is 15.5 Å². The number of anilines is 1. The number of carbonyl (C=O) groups excluding carboxylic acids is 6. The maximum absolute atomic E-state index is 12.8. The number of carbonyl (C=O) groups is 7. The number of nitrogens with zero attached hydrogens (tertiary/aromatic N) is 1. The molecule has 0 radical (unpaired) electrons. The van der Waals surface area contributed by atoms with Crippen LogP contribution >= 0.6 is 0 Å². The van der Waals surface area contributed by atoms with Gasteiger partial charge in [0.2, 0.25) is 17.7 Å². The molecule has 1 aromatic carbocycles. The van der Waals surface area contributed by atoms with Crippen molar-refractivity contribution < 1.29 is 58.4 Å². The molecule has 6 N–H and O–H groups in total. The van der Waals surface area contributed by atoms with Gasteiger partial charge in [-0.1, -0.05) is 46.6 Å². The largest absolute Gasteiger partial charge is 0.479 e. The van der Waals surface area contributed by atoms with Crippen molar-refractivity contribution >= 4 is 47.5 Å². The van der Waals surface area contributed by atoms with E-state index in [1.165, 1.54) is 32.6 Å². The Bertz CT molecular complexity index is 1410. The maximum atomic E-state index is 12.8. The maximum Gasteiger partial charge on any atom is 0.335 e. The van der Waals surface area contributed by atoms with E-state index in [1.807, 2.05) is 13.8 Å². The van der Waals surface area contributed by atoms with Gasteiger partial charge in [0.1, 0.15) is 18.4 Å². The Hall–Kier alpha value is -4.51. The lowest BCUT2D eigenvalue weighted by Gasteiger charge is -2.35. The van der Waals surface area contributed by atoms with Crippen molar-refractivity contribution in [3.8, 4) is 0 Å². The Morgan fingerprint density at radius 1 is 1.00 bits per heavy atom. The predicted molar refractivity (Wildman–Crippen MR) is 199 cm³/mol. The standard InChI is InChI=1S/C31H42N4O11.C4H8O.C3H8/c1-18(33-25(38)16-32-24(37)6-4-3-5-13-35-26(39)11-12-27(35)40)30(42)34-21-9-7-20(17-45-2)19(14-21)8-10-22-15-23(36)28(41)29(46-22)31(43)44;1-4(2)3-5;1-3-2/h7,9,11-12,14,18,22-23,28-29,36,41H,3-6,8,10,13,15-17H2,1-2H3,(H,32,37)(H,33,38)(H,34,42)(H,43,44);3-4H,1-2H3;3H2,1-2H3/t18?,22?,23?,28-,29?;;/m0../s1. The van der Waals surface area contributed by atoms with Gasteiger partial charge in [-0.25, -0.2) is 4.79 Å². The van der Waals surface area contributed by atoms with Crippen molar-refractivity contribution in [3.05, 3.63) is 41.5 Å². The molecule has 0 aliphatic carbocycles. The number of rotatable bonds is 18. The van der Waals surface area contributed by atoms with Crippen LogP contribution in [0.2, 0.25) is 0 Å². The lowest BCUT2D eigenvalue weighted by molar-refractivity contribution is -0.193. The predicted octanol–water partition coefficient (Wildman–Crippen LogP) is 2.03. The fourth-order valence-corrected chi connectivity index (χ4v) is 5.15. The van der Waals surface area contributed by atoms with Crippen molar-refractivity contribution in [3.63, 3.8) is 0 Å². The molecule has 1 aromatic rings. The Labute approximate surface area is 317 Å². The molecule has 2 heterocycles. The molecule has 2 aliphatic rings. The molecule has 54 heavy (non-hydrogen) atoms. The third-order valence-corrected chi connectivity index (χ3v) is 7.98. The van der Waals surface area contributed by atoms with Crippen LogP contribution in [0.4, 0.5) is 5.69 Å². The van der Waals surface area contributed by atoms with E-state index in [4.69, 9.17) is 9.47 Å². The van der Waals surface area contributed by atoms with Gasteiger partial charge in [-0.05, 0) is 55.9 Å². The van der Waals surface area contributed by atoms with Crippen molar-refractivity contribution in [2.45, 2.75) is 123 Å². The first kappa shape index (κ1) is 47.5. The van der Waals surface area contributed by atoms with Crippen molar-refractivity contribution in [1.29, 1.82) is 0 Å². The fourth-order valence-electron chi connectivity index (χ4n) is 5.15. The second-order valence-electron chi connectivity index (χ2n) is 13.4. The number of carboxylic acids is 1. The second-order valence-corrected chi connectivity index (χ2v) is 13.4. The number of aliphatic carboxylic acids is 1. The van der Waals surface area contributed by atoms with E-state index in [1.54, 1.807) is 18.2 Å². The summed E-state index contributed by atoms with van der Waals surface area (Å²) < 4.78 is 10.8. The number of hydrogen-bond donors (Lipinski definition) is 6. The lowest BCUT2D eigenvalue weighted by atomic mass is 9.93. The quantitative estimate of drug-likeness (QED) is 0.0716. The monoisotopic (exact) mass is 762 g/mol. The summed E-state index contributed by atoms with van der Waals surface area (Å²) in [5.74, 6) is -3.22. The number of aryl methyl sites for hydroxylation is 1. The molecular formula is C38H58N4O12. The molecule has 3 rings (SSSR count). The molecule has 0 bridgehead atoms. The number of aldehydes is 1. The molecule has 0 spiro atoms. The van der Waals surface area contributed by atoms with Crippen molar-refractivity contribution in [2.24, 2.45) is 5.92 Å². The average molecular weight is 763 g/mol. The Balaban J connectivity index is 0.00000165. The van der Waals surface area contributed by atoms with Crippen LogP contribution in [-0.4, -0.2) is 113 Å². The first-order valence-corrected chi connectivity index (χ1v) is 18.3. The van der Waals surface area contributed by atoms with Crippen LogP contribution in [0.3, 0.4) is 0 Å². The van der Waals surface area contributed by atoms with E-state index >= 15 is 0 Å². The van der Waals surface area contributed by atoms with Crippen LogP contribution in [0.1, 0.15) is 90.7 Å². The topological polar surface area (TPSA) is 238 Å². The Kier molecular flexibility index (Phi) is 22.4. The van der Waals surface area contributed by atoms with Crippen LogP contribution in [0.15, 0.2) is 30.4 Å². The van der Waals surface area contributed by atoms with E-state index in [0.29, 0.717) is 37.8 Å². The van der Waals surface area contributed by atoms with Crippen LogP contribution in [-0.2, 0) is 56.1 Å². The SMILES string of the molecule is CC(C)C=O.CCC.COCc1ccc(NC(=O)C(C)NC(=O)CNC(=O)CCCCCN2C(=O)C=CC2=O)cc1CCC1CC(O)[C@H](O)C(C(=O)O)O1. The van der Waals surface area contributed by atoms with Gasteiger partial charge >= 0.3 is 5.97 Å².